The molecule has 29 heavy (non-hydrogen) atoms. The minimum Gasteiger partial charge on any atom is -0.369 e. The summed E-state index contributed by atoms with van der Waals surface area (Å²) in [5, 5.41) is 6.85. The molecule has 0 spiro atoms. The molecule has 0 fully saturated rings. The van der Waals surface area contributed by atoms with E-state index in [1.807, 2.05) is 54.3 Å². The summed E-state index contributed by atoms with van der Waals surface area (Å²) < 4.78 is 9.53. The fraction of sp³-hybridized carbons (Fsp3) is 0.238. The van der Waals surface area contributed by atoms with Crippen LogP contribution in [0.4, 0.5) is 0 Å². The van der Waals surface area contributed by atoms with Crippen molar-refractivity contribution < 1.29 is 9.53 Å². The van der Waals surface area contributed by atoms with Crippen molar-refractivity contribution in [2.45, 2.75) is 26.7 Å². The molecule has 0 bridgehead atoms. The number of ether oxygens (including phenoxy) is 1. The van der Waals surface area contributed by atoms with Crippen molar-refractivity contribution in [1.29, 1.82) is 0 Å². The Morgan fingerprint density at radius 3 is 2.79 bits per heavy atom. The molecule has 0 saturated carbocycles. The summed E-state index contributed by atoms with van der Waals surface area (Å²) in [6.07, 6.45) is 3.33. The number of nitrogens with one attached hydrogen (secondary N) is 1. The Hall–Kier alpha value is -3.52. The molecule has 0 aliphatic rings. The van der Waals surface area contributed by atoms with E-state index < -0.39 is 0 Å². The maximum absolute atomic E-state index is 11.1. The van der Waals surface area contributed by atoms with Gasteiger partial charge in [-0.2, -0.15) is 5.10 Å². The van der Waals surface area contributed by atoms with Crippen LogP contribution in [0.1, 0.15) is 23.9 Å². The van der Waals surface area contributed by atoms with Crippen molar-refractivity contribution in [1.82, 2.24) is 29.6 Å². The van der Waals surface area contributed by atoms with Gasteiger partial charge in [-0.15, -0.1) is 0 Å². The highest BCUT2D eigenvalue weighted by Gasteiger charge is 2.07. The third kappa shape index (κ3) is 4.33. The van der Waals surface area contributed by atoms with Gasteiger partial charge in [0, 0.05) is 26.2 Å². The van der Waals surface area contributed by atoms with E-state index in [-0.39, 0.29) is 5.91 Å². The molecule has 0 radical (unpaired) electrons. The molecule has 1 amide bonds. The summed E-state index contributed by atoms with van der Waals surface area (Å²) in [5.41, 5.74) is 4.99. The Morgan fingerprint density at radius 2 is 2.00 bits per heavy atom. The normalized spacial score (nSPS) is 11.1. The first kappa shape index (κ1) is 18.8. The lowest BCUT2D eigenvalue weighted by Crippen LogP contribution is -2.18. The first-order chi connectivity index (χ1) is 14.1. The number of fused-ring (bicyclic) bond motifs is 1. The van der Waals surface area contributed by atoms with Gasteiger partial charge in [0.2, 0.25) is 5.91 Å². The third-order valence-corrected chi connectivity index (χ3v) is 4.65. The summed E-state index contributed by atoms with van der Waals surface area (Å²) >= 11 is 0. The molecule has 2 aromatic heterocycles. The molecule has 8 nitrogen and oxygen atoms in total. The highest BCUT2D eigenvalue weighted by atomic mass is 16.5. The first-order valence-corrected chi connectivity index (χ1v) is 9.30. The van der Waals surface area contributed by atoms with Crippen molar-refractivity contribution >= 4 is 16.9 Å². The zero-order valence-corrected chi connectivity index (χ0v) is 16.4. The van der Waals surface area contributed by atoms with E-state index in [0.29, 0.717) is 19.8 Å². The van der Waals surface area contributed by atoms with Crippen molar-refractivity contribution in [3.63, 3.8) is 0 Å². The van der Waals surface area contributed by atoms with Gasteiger partial charge in [-0.05, 0) is 35.4 Å². The number of rotatable bonds is 7. The minimum atomic E-state index is -0.0474. The molecule has 0 saturated heterocycles. The van der Waals surface area contributed by atoms with Crippen molar-refractivity contribution in [2.24, 2.45) is 7.05 Å². The Kier molecular flexibility index (Phi) is 5.35. The maximum atomic E-state index is 11.1. The van der Waals surface area contributed by atoms with Crippen LogP contribution >= 0.6 is 0 Å². The monoisotopic (exact) mass is 390 g/mol. The number of aryl methyl sites for hydroxylation is 1. The lowest BCUT2D eigenvalue weighted by Gasteiger charge is -2.09. The zero-order chi connectivity index (χ0) is 20.2. The lowest BCUT2D eigenvalue weighted by molar-refractivity contribution is -0.119. The average molecular weight is 390 g/mol. The summed E-state index contributed by atoms with van der Waals surface area (Å²) in [4.78, 5) is 19.8. The molecule has 8 heteroatoms. The summed E-state index contributed by atoms with van der Waals surface area (Å²) in [6.45, 7) is 2.90. The zero-order valence-electron chi connectivity index (χ0n) is 16.4. The van der Waals surface area contributed by atoms with Crippen LogP contribution in [0.5, 0.6) is 0 Å². The number of benzene rings is 2. The van der Waals surface area contributed by atoms with Gasteiger partial charge in [0.15, 0.2) is 5.82 Å². The number of hydrogen-bond donors (Lipinski definition) is 1. The fourth-order valence-corrected chi connectivity index (χ4v) is 3.11. The topological polar surface area (TPSA) is 86.9 Å². The van der Waals surface area contributed by atoms with Crippen molar-refractivity contribution in [3.8, 4) is 5.69 Å². The number of carbonyl (C=O) groups excluding carboxylic acids is 1. The van der Waals surface area contributed by atoms with Crippen LogP contribution in [0.15, 0.2) is 55.1 Å². The molecular weight excluding hydrogens is 368 g/mol. The second-order valence-electron chi connectivity index (χ2n) is 6.81. The van der Waals surface area contributed by atoms with Gasteiger partial charge >= 0.3 is 0 Å². The summed E-state index contributed by atoms with van der Waals surface area (Å²) in [5.74, 6) is 0.741. The van der Waals surface area contributed by atoms with Gasteiger partial charge in [-0.1, -0.05) is 18.2 Å². The van der Waals surface area contributed by atoms with Gasteiger partial charge in [-0.25, -0.2) is 9.97 Å². The maximum Gasteiger partial charge on any atom is 0.217 e. The van der Waals surface area contributed by atoms with E-state index in [2.05, 4.69) is 26.4 Å². The smallest absolute Gasteiger partial charge is 0.217 e. The predicted molar refractivity (Wildman–Crippen MR) is 108 cm³/mol. The van der Waals surface area contributed by atoms with Gasteiger partial charge in [0.1, 0.15) is 19.3 Å². The number of hydrogen-bond acceptors (Lipinski definition) is 5. The predicted octanol–water partition coefficient (Wildman–Crippen LogP) is 2.51. The Bertz CT molecular complexity index is 1150. The van der Waals surface area contributed by atoms with E-state index >= 15 is 0 Å². The largest absolute Gasteiger partial charge is 0.369 e. The number of carbonyl (C=O) groups is 1. The minimum absolute atomic E-state index is 0.0474. The molecule has 1 N–H and O–H groups in total. The average Bonchev–Trinajstić information content (AvgIpc) is 3.32. The molecule has 4 rings (SSSR count). The SMILES string of the molecule is CC(=O)NCc1ccc2c(c1)ncn2-c1cccc(COCc2ncnn2C)c1. The molecule has 0 aliphatic heterocycles. The second kappa shape index (κ2) is 8.24. The van der Waals surface area contributed by atoms with Crippen molar-refractivity contribution in [2.75, 3.05) is 0 Å². The van der Waals surface area contributed by atoms with Crippen LogP contribution < -0.4 is 5.32 Å². The molecule has 148 valence electrons. The van der Waals surface area contributed by atoms with Crippen LogP contribution in [0, 0.1) is 0 Å². The Labute approximate surface area is 168 Å². The standard InChI is InChI=1S/C21H22N6O2/c1-15(28)22-10-16-6-7-20-19(9-16)24-14-27(20)18-5-3-4-17(8-18)11-29-12-21-23-13-25-26(21)2/h3-9,13-14H,10-12H2,1-2H3,(H,22,28). The molecule has 0 aliphatic carbocycles. The highest BCUT2D eigenvalue weighted by Crippen LogP contribution is 2.20. The highest BCUT2D eigenvalue weighted by molar-refractivity contribution is 5.78. The summed E-state index contributed by atoms with van der Waals surface area (Å²) in [6, 6.07) is 14.2. The number of aromatic nitrogens is 5. The number of imidazole rings is 1. The number of nitrogens with zero attached hydrogens (tertiary/aromatic N) is 5. The molecule has 0 unspecified atom stereocenters. The van der Waals surface area contributed by atoms with E-state index in [9.17, 15) is 4.79 Å². The third-order valence-electron chi connectivity index (χ3n) is 4.65. The van der Waals surface area contributed by atoms with E-state index in [1.165, 1.54) is 13.3 Å². The fourth-order valence-electron chi connectivity index (χ4n) is 3.11. The molecule has 0 atom stereocenters. The lowest BCUT2D eigenvalue weighted by atomic mass is 10.2. The summed E-state index contributed by atoms with van der Waals surface area (Å²) in [7, 11) is 1.85. The van der Waals surface area contributed by atoms with Crippen LogP contribution in [-0.2, 0) is 36.3 Å². The molecule has 2 heterocycles. The Morgan fingerprint density at radius 1 is 1.10 bits per heavy atom. The van der Waals surface area contributed by atoms with Gasteiger partial charge in [0.25, 0.3) is 0 Å². The van der Waals surface area contributed by atoms with Crippen LogP contribution in [-0.4, -0.2) is 30.2 Å². The van der Waals surface area contributed by atoms with Gasteiger partial charge in [0.05, 0.1) is 17.6 Å². The van der Waals surface area contributed by atoms with E-state index in [4.69, 9.17) is 4.74 Å². The van der Waals surface area contributed by atoms with Crippen LogP contribution in [0.3, 0.4) is 0 Å². The molecular formula is C21H22N6O2. The molecule has 4 aromatic rings. The second-order valence-corrected chi connectivity index (χ2v) is 6.81. The number of amides is 1. The van der Waals surface area contributed by atoms with Crippen molar-refractivity contribution in [3.05, 3.63) is 72.1 Å². The van der Waals surface area contributed by atoms with Crippen LogP contribution in [0.25, 0.3) is 16.7 Å². The molecule has 2 aromatic carbocycles. The Balaban J connectivity index is 1.49. The van der Waals surface area contributed by atoms with E-state index in [0.717, 1.165) is 33.7 Å². The van der Waals surface area contributed by atoms with Gasteiger partial charge in [-0.3, -0.25) is 14.0 Å². The quantitative estimate of drug-likeness (QED) is 0.524. The van der Waals surface area contributed by atoms with Gasteiger partial charge < -0.3 is 10.1 Å². The first-order valence-electron chi connectivity index (χ1n) is 9.30. The van der Waals surface area contributed by atoms with Crippen LogP contribution in [0.2, 0.25) is 0 Å². The van der Waals surface area contributed by atoms with E-state index in [1.54, 1.807) is 4.68 Å².